The number of hydrogen-bond donors (Lipinski definition) is 1. The maximum absolute atomic E-state index is 13.3. The van der Waals surface area contributed by atoms with E-state index >= 15 is 0 Å². The first kappa shape index (κ1) is 18.3. The maximum Gasteiger partial charge on any atom is 0.141 e. The van der Waals surface area contributed by atoms with Crippen LogP contribution in [0.15, 0.2) is 84.9 Å². The molecule has 0 aliphatic carbocycles. The molecule has 2 nitrogen and oxygen atoms in total. The molecule has 0 spiro atoms. The monoisotopic (exact) mass is 391 g/mol. The van der Waals surface area contributed by atoms with Crippen LogP contribution in [0.5, 0.6) is 5.75 Å². The average molecular weight is 392 g/mol. The molecule has 140 valence electrons. The highest BCUT2D eigenvalue weighted by Gasteiger charge is 2.07. The summed E-state index contributed by atoms with van der Waals surface area (Å²) in [6, 6.07) is 27.0. The van der Waals surface area contributed by atoms with E-state index in [0.717, 1.165) is 22.6 Å². The lowest BCUT2D eigenvalue weighted by Gasteiger charge is -2.14. The van der Waals surface area contributed by atoms with Crippen molar-refractivity contribution in [2.75, 3.05) is 5.32 Å². The van der Waals surface area contributed by atoms with Crippen LogP contribution in [0.1, 0.15) is 11.1 Å². The quantitative estimate of drug-likeness (QED) is 0.389. The molecule has 0 saturated carbocycles. The second-order valence-electron chi connectivity index (χ2n) is 6.52. The molecule has 1 N–H and O–H groups in total. The zero-order chi connectivity index (χ0) is 19.3. The van der Waals surface area contributed by atoms with Crippen molar-refractivity contribution in [3.63, 3.8) is 0 Å². The first-order valence-electron chi connectivity index (χ1n) is 9.07. The van der Waals surface area contributed by atoms with Gasteiger partial charge in [0.2, 0.25) is 0 Å². The van der Waals surface area contributed by atoms with Crippen molar-refractivity contribution in [1.82, 2.24) is 0 Å². The summed E-state index contributed by atoms with van der Waals surface area (Å²) in [7, 11) is 0. The number of hydrogen-bond acceptors (Lipinski definition) is 2. The molecule has 4 aromatic carbocycles. The molecule has 0 aliphatic rings. The Morgan fingerprint density at radius 1 is 0.821 bits per heavy atom. The fraction of sp³-hybridized carbons (Fsp3) is 0.0833. The van der Waals surface area contributed by atoms with E-state index in [4.69, 9.17) is 16.3 Å². The van der Waals surface area contributed by atoms with Crippen LogP contribution in [0.25, 0.3) is 10.8 Å². The molecule has 0 atom stereocenters. The molecule has 0 aliphatic heterocycles. The van der Waals surface area contributed by atoms with Gasteiger partial charge in [0, 0.05) is 17.8 Å². The lowest BCUT2D eigenvalue weighted by atomic mass is 10.1. The highest BCUT2D eigenvalue weighted by Crippen LogP contribution is 2.25. The molecule has 0 saturated heterocycles. The van der Waals surface area contributed by atoms with Gasteiger partial charge in [0.25, 0.3) is 0 Å². The van der Waals surface area contributed by atoms with Crippen LogP contribution in [0.4, 0.5) is 10.1 Å². The number of nitrogens with one attached hydrogen (secondary N) is 1. The SMILES string of the molecule is Fc1ccc(NCc2ccccc2OCc2cccc3ccccc23)cc1Cl. The van der Waals surface area contributed by atoms with Crippen molar-refractivity contribution in [3.8, 4) is 5.75 Å². The number of para-hydroxylation sites is 1. The number of halogens is 2. The van der Waals surface area contributed by atoms with E-state index in [2.05, 4.69) is 29.6 Å². The van der Waals surface area contributed by atoms with Crippen LogP contribution in [0.2, 0.25) is 5.02 Å². The molecule has 0 unspecified atom stereocenters. The molecule has 0 radical (unpaired) electrons. The summed E-state index contributed by atoms with van der Waals surface area (Å²) >= 11 is 5.85. The molecule has 0 bridgehead atoms. The molecule has 0 fully saturated rings. The van der Waals surface area contributed by atoms with Gasteiger partial charge in [-0.05, 0) is 40.6 Å². The van der Waals surface area contributed by atoms with Gasteiger partial charge in [0.15, 0.2) is 0 Å². The zero-order valence-corrected chi connectivity index (χ0v) is 15.9. The summed E-state index contributed by atoms with van der Waals surface area (Å²) in [5.74, 6) is 0.391. The Kier molecular flexibility index (Phi) is 5.45. The van der Waals surface area contributed by atoms with E-state index < -0.39 is 5.82 Å². The number of benzene rings is 4. The molecule has 0 amide bonds. The van der Waals surface area contributed by atoms with Crippen LogP contribution in [0, 0.1) is 5.82 Å². The Hall–Kier alpha value is -3.04. The van der Waals surface area contributed by atoms with Crippen molar-refractivity contribution in [2.24, 2.45) is 0 Å². The number of ether oxygens (including phenoxy) is 1. The minimum absolute atomic E-state index is 0.102. The van der Waals surface area contributed by atoms with E-state index in [-0.39, 0.29) is 5.02 Å². The fourth-order valence-electron chi connectivity index (χ4n) is 3.17. The Labute approximate surface area is 168 Å². The van der Waals surface area contributed by atoms with Crippen molar-refractivity contribution in [3.05, 3.63) is 107 Å². The van der Waals surface area contributed by atoms with E-state index in [1.54, 1.807) is 12.1 Å². The van der Waals surface area contributed by atoms with Gasteiger partial charge in [-0.1, -0.05) is 72.3 Å². The predicted octanol–water partition coefficient (Wildman–Crippen LogP) is 6.82. The highest BCUT2D eigenvalue weighted by molar-refractivity contribution is 6.31. The van der Waals surface area contributed by atoms with Gasteiger partial charge < -0.3 is 10.1 Å². The van der Waals surface area contributed by atoms with Crippen molar-refractivity contribution >= 4 is 28.1 Å². The lowest BCUT2D eigenvalue weighted by Crippen LogP contribution is -2.04. The van der Waals surface area contributed by atoms with Gasteiger partial charge in [0.05, 0.1) is 5.02 Å². The van der Waals surface area contributed by atoms with Gasteiger partial charge in [-0.25, -0.2) is 4.39 Å². The molecule has 4 rings (SSSR count). The fourth-order valence-corrected chi connectivity index (χ4v) is 3.35. The average Bonchev–Trinajstić information content (AvgIpc) is 2.73. The topological polar surface area (TPSA) is 21.3 Å². The minimum Gasteiger partial charge on any atom is -0.489 e. The normalized spacial score (nSPS) is 10.8. The third-order valence-corrected chi connectivity index (χ3v) is 4.93. The number of anilines is 1. The summed E-state index contributed by atoms with van der Waals surface area (Å²) in [4.78, 5) is 0. The van der Waals surface area contributed by atoms with Crippen molar-refractivity contribution < 1.29 is 9.13 Å². The highest BCUT2D eigenvalue weighted by atomic mass is 35.5. The van der Waals surface area contributed by atoms with Crippen LogP contribution >= 0.6 is 11.6 Å². The Balaban J connectivity index is 1.49. The summed E-state index contributed by atoms with van der Waals surface area (Å²) < 4.78 is 19.5. The second-order valence-corrected chi connectivity index (χ2v) is 6.92. The van der Waals surface area contributed by atoms with E-state index in [9.17, 15) is 4.39 Å². The Morgan fingerprint density at radius 2 is 1.57 bits per heavy atom. The van der Waals surface area contributed by atoms with Gasteiger partial charge >= 0.3 is 0 Å². The predicted molar refractivity (Wildman–Crippen MR) is 113 cm³/mol. The zero-order valence-electron chi connectivity index (χ0n) is 15.2. The molecule has 28 heavy (non-hydrogen) atoms. The van der Waals surface area contributed by atoms with Gasteiger partial charge in [0.1, 0.15) is 18.2 Å². The Bertz CT molecular complexity index is 1110. The lowest BCUT2D eigenvalue weighted by molar-refractivity contribution is 0.304. The molecule has 4 aromatic rings. The molecule has 4 heteroatoms. The van der Waals surface area contributed by atoms with Crippen LogP contribution in [-0.4, -0.2) is 0 Å². The molecule has 0 aromatic heterocycles. The third-order valence-electron chi connectivity index (χ3n) is 4.64. The third kappa shape index (κ3) is 4.10. The molecule has 0 heterocycles. The second kappa shape index (κ2) is 8.32. The molecular weight excluding hydrogens is 373 g/mol. The van der Waals surface area contributed by atoms with E-state index in [1.165, 1.54) is 16.8 Å². The largest absolute Gasteiger partial charge is 0.489 e. The standard InChI is InChI=1S/C24H19ClFNO/c25-22-14-20(12-13-23(22)26)27-15-18-7-2-4-11-24(18)28-16-19-9-5-8-17-6-1-3-10-21(17)19/h1-14,27H,15-16H2. The van der Waals surface area contributed by atoms with Gasteiger partial charge in [-0.2, -0.15) is 0 Å². The van der Waals surface area contributed by atoms with Crippen LogP contribution < -0.4 is 10.1 Å². The summed E-state index contributed by atoms with van der Waals surface area (Å²) in [6.45, 7) is 1.04. The first-order chi connectivity index (χ1) is 13.7. The van der Waals surface area contributed by atoms with E-state index in [1.807, 2.05) is 42.5 Å². The van der Waals surface area contributed by atoms with Gasteiger partial charge in [-0.3, -0.25) is 0 Å². The Morgan fingerprint density at radius 3 is 2.46 bits per heavy atom. The number of rotatable bonds is 6. The van der Waals surface area contributed by atoms with Gasteiger partial charge in [-0.15, -0.1) is 0 Å². The van der Waals surface area contributed by atoms with Crippen LogP contribution in [-0.2, 0) is 13.2 Å². The van der Waals surface area contributed by atoms with E-state index in [0.29, 0.717) is 13.2 Å². The summed E-state index contributed by atoms with van der Waals surface area (Å²) in [6.07, 6.45) is 0. The first-order valence-corrected chi connectivity index (χ1v) is 9.45. The van der Waals surface area contributed by atoms with Crippen molar-refractivity contribution in [2.45, 2.75) is 13.2 Å². The number of fused-ring (bicyclic) bond motifs is 1. The minimum atomic E-state index is -0.425. The molecular formula is C24H19ClFNO. The van der Waals surface area contributed by atoms with Crippen molar-refractivity contribution in [1.29, 1.82) is 0 Å². The maximum atomic E-state index is 13.3. The summed E-state index contributed by atoms with van der Waals surface area (Å²) in [5.41, 5.74) is 2.92. The smallest absolute Gasteiger partial charge is 0.141 e. The summed E-state index contributed by atoms with van der Waals surface area (Å²) in [5, 5.41) is 5.76. The van der Waals surface area contributed by atoms with Crippen LogP contribution in [0.3, 0.4) is 0 Å².